The van der Waals surface area contributed by atoms with Gasteiger partial charge in [0.1, 0.15) is 0 Å². The van der Waals surface area contributed by atoms with Crippen molar-refractivity contribution < 1.29 is 9.90 Å². The molecule has 4 nitrogen and oxygen atoms in total. The fourth-order valence-corrected chi connectivity index (χ4v) is 6.17. The fraction of sp³-hybridized carbons (Fsp3) is 0.950. The number of fused-ring (bicyclic) bond motifs is 4. The predicted molar refractivity (Wildman–Crippen MR) is 96.9 cm³/mol. The first kappa shape index (κ1) is 18.2. The van der Waals surface area contributed by atoms with E-state index in [4.69, 9.17) is 15.6 Å². The SMILES string of the molecule is CC(=O)O.N[C@@H]1C[C@H]2CCC[C@@H](C1)N2[C@@H]1C[C@@H]2CCCC[C@@H](C2)C1. The molecule has 0 spiro atoms. The molecule has 4 bridgehead atoms. The second kappa shape index (κ2) is 8.18. The Bertz CT molecular complexity index is 396. The Morgan fingerprint density at radius 1 is 0.833 bits per heavy atom. The number of aliphatic carboxylic acids is 1. The molecule has 6 atom stereocenters. The van der Waals surface area contributed by atoms with Crippen molar-refractivity contribution in [2.75, 3.05) is 0 Å². The van der Waals surface area contributed by atoms with Crippen LogP contribution in [-0.2, 0) is 4.79 Å². The first-order valence-electron chi connectivity index (χ1n) is 10.3. The highest BCUT2D eigenvalue weighted by atomic mass is 16.4. The van der Waals surface area contributed by atoms with Gasteiger partial charge >= 0.3 is 0 Å². The van der Waals surface area contributed by atoms with Gasteiger partial charge in [-0.3, -0.25) is 9.69 Å². The average molecular weight is 337 g/mol. The summed E-state index contributed by atoms with van der Waals surface area (Å²) in [6.07, 6.45) is 17.5. The van der Waals surface area contributed by atoms with Gasteiger partial charge in [0.15, 0.2) is 0 Å². The molecule has 4 fully saturated rings. The normalized spacial score (nSPS) is 42.4. The molecule has 0 unspecified atom stereocenters. The van der Waals surface area contributed by atoms with E-state index in [1.165, 1.54) is 70.6 Å². The zero-order chi connectivity index (χ0) is 17.1. The van der Waals surface area contributed by atoms with Crippen LogP contribution in [0.5, 0.6) is 0 Å². The van der Waals surface area contributed by atoms with Crippen LogP contribution < -0.4 is 5.73 Å². The number of nitrogens with zero attached hydrogens (tertiary/aromatic N) is 1. The summed E-state index contributed by atoms with van der Waals surface area (Å²) in [7, 11) is 0. The van der Waals surface area contributed by atoms with Crippen LogP contribution in [0.3, 0.4) is 0 Å². The summed E-state index contributed by atoms with van der Waals surface area (Å²) in [5.74, 6) is 1.27. The number of carboxylic acid groups (broad SMARTS) is 1. The Hall–Kier alpha value is -0.610. The number of carbonyl (C=O) groups is 1. The van der Waals surface area contributed by atoms with E-state index in [-0.39, 0.29) is 0 Å². The van der Waals surface area contributed by atoms with Crippen molar-refractivity contribution in [2.24, 2.45) is 17.6 Å². The summed E-state index contributed by atoms with van der Waals surface area (Å²) in [4.78, 5) is 12.0. The van der Waals surface area contributed by atoms with Crippen molar-refractivity contribution >= 4 is 5.97 Å². The molecule has 24 heavy (non-hydrogen) atoms. The van der Waals surface area contributed by atoms with E-state index >= 15 is 0 Å². The average Bonchev–Trinajstić information content (AvgIpc) is 2.66. The number of rotatable bonds is 1. The molecule has 2 heterocycles. The second-order valence-electron chi connectivity index (χ2n) is 8.81. The van der Waals surface area contributed by atoms with Crippen molar-refractivity contribution in [1.82, 2.24) is 4.90 Å². The summed E-state index contributed by atoms with van der Waals surface area (Å²) in [6, 6.07) is 3.08. The lowest BCUT2D eigenvalue weighted by atomic mass is 9.73. The minimum atomic E-state index is -0.833. The Kier molecular flexibility index (Phi) is 6.20. The topological polar surface area (TPSA) is 66.6 Å². The Labute approximate surface area is 147 Å². The summed E-state index contributed by atoms with van der Waals surface area (Å²) >= 11 is 0. The summed E-state index contributed by atoms with van der Waals surface area (Å²) in [6.45, 7) is 1.08. The minimum Gasteiger partial charge on any atom is -0.481 e. The van der Waals surface area contributed by atoms with Gasteiger partial charge < -0.3 is 10.8 Å². The standard InChI is InChI=1S/C18H32N2.C2H4O2/c19-15-11-16-6-3-7-17(12-15)20(16)18-9-13-4-1-2-5-14(8-13)10-18;1-2(3)4/h13-18H,1-12,19H2;1H3,(H,3,4)/t13-,14+,15-,16-,17+,18-;. The zero-order valence-electron chi connectivity index (χ0n) is 15.3. The van der Waals surface area contributed by atoms with Crippen molar-refractivity contribution in [3.05, 3.63) is 0 Å². The largest absolute Gasteiger partial charge is 0.481 e. The van der Waals surface area contributed by atoms with E-state index in [0.29, 0.717) is 6.04 Å². The molecule has 0 aromatic heterocycles. The molecule has 0 aromatic carbocycles. The van der Waals surface area contributed by atoms with E-state index in [1.54, 1.807) is 6.42 Å². The van der Waals surface area contributed by atoms with Gasteiger partial charge in [-0.2, -0.15) is 0 Å². The summed E-state index contributed by atoms with van der Waals surface area (Å²) in [5.41, 5.74) is 6.31. The lowest BCUT2D eigenvalue weighted by Crippen LogP contribution is -2.60. The highest BCUT2D eigenvalue weighted by Crippen LogP contribution is 2.44. The predicted octanol–water partition coefficient (Wildman–Crippen LogP) is 3.78. The molecule has 2 saturated carbocycles. The number of nitrogens with two attached hydrogens (primary N) is 1. The second-order valence-corrected chi connectivity index (χ2v) is 8.81. The molecule has 4 rings (SSSR count). The molecular weight excluding hydrogens is 300 g/mol. The molecule has 0 amide bonds. The third kappa shape index (κ3) is 4.51. The van der Waals surface area contributed by atoms with Gasteiger partial charge in [-0.15, -0.1) is 0 Å². The van der Waals surface area contributed by atoms with Gasteiger partial charge in [0, 0.05) is 31.1 Å². The molecule has 2 saturated heterocycles. The molecular formula is C20H36N2O2. The monoisotopic (exact) mass is 336 g/mol. The van der Waals surface area contributed by atoms with Gasteiger partial charge in [-0.1, -0.05) is 32.1 Å². The van der Waals surface area contributed by atoms with Crippen LogP contribution in [0.2, 0.25) is 0 Å². The summed E-state index contributed by atoms with van der Waals surface area (Å²) in [5, 5.41) is 7.42. The van der Waals surface area contributed by atoms with Crippen LogP contribution in [0.1, 0.15) is 84.0 Å². The third-order valence-electron chi connectivity index (χ3n) is 6.84. The van der Waals surface area contributed by atoms with Crippen molar-refractivity contribution in [2.45, 2.75) is 108 Å². The molecule has 2 aliphatic carbocycles. The number of piperidine rings is 2. The third-order valence-corrected chi connectivity index (χ3v) is 6.84. The van der Waals surface area contributed by atoms with E-state index < -0.39 is 5.97 Å². The molecule has 4 heteroatoms. The van der Waals surface area contributed by atoms with Gasteiger partial charge in [-0.05, 0) is 56.8 Å². The Morgan fingerprint density at radius 2 is 1.33 bits per heavy atom. The smallest absolute Gasteiger partial charge is 0.300 e. The van der Waals surface area contributed by atoms with E-state index in [9.17, 15) is 0 Å². The molecule has 138 valence electrons. The van der Waals surface area contributed by atoms with Crippen LogP contribution in [-0.4, -0.2) is 40.1 Å². The Morgan fingerprint density at radius 3 is 1.83 bits per heavy atom. The Balaban J connectivity index is 0.000000383. The number of hydrogen-bond donors (Lipinski definition) is 2. The molecule has 0 radical (unpaired) electrons. The lowest BCUT2D eigenvalue weighted by molar-refractivity contribution is -0.134. The first-order valence-corrected chi connectivity index (χ1v) is 10.3. The van der Waals surface area contributed by atoms with E-state index in [2.05, 4.69) is 4.90 Å². The summed E-state index contributed by atoms with van der Waals surface area (Å²) < 4.78 is 0. The highest BCUT2D eigenvalue weighted by Gasteiger charge is 2.43. The van der Waals surface area contributed by atoms with E-state index in [0.717, 1.165) is 36.9 Å². The highest BCUT2D eigenvalue weighted by molar-refractivity contribution is 5.62. The van der Waals surface area contributed by atoms with Gasteiger partial charge in [0.25, 0.3) is 5.97 Å². The van der Waals surface area contributed by atoms with E-state index in [1.807, 2.05) is 0 Å². The quantitative estimate of drug-likeness (QED) is 0.765. The zero-order valence-corrected chi connectivity index (χ0v) is 15.3. The van der Waals surface area contributed by atoms with Gasteiger partial charge in [-0.25, -0.2) is 0 Å². The van der Waals surface area contributed by atoms with Crippen LogP contribution >= 0.6 is 0 Å². The molecule has 3 N–H and O–H groups in total. The molecule has 2 aliphatic heterocycles. The fourth-order valence-electron chi connectivity index (χ4n) is 6.17. The number of hydrogen-bond acceptors (Lipinski definition) is 3. The van der Waals surface area contributed by atoms with Crippen LogP contribution in [0.4, 0.5) is 0 Å². The lowest BCUT2D eigenvalue weighted by Gasteiger charge is -2.54. The van der Waals surface area contributed by atoms with Crippen LogP contribution in [0.15, 0.2) is 0 Å². The van der Waals surface area contributed by atoms with Crippen molar-refractivity contribution in [3.8, 4) is 0 Å². The molecule has 0 aromatic rings. The van der Waals surface area contributed by atoms with Crippen molar-refractivity contribution in [3.63, 3.8) is 0 Å². The van der Waals surface area contributed by atoms with Crippen LogP contribution in [0, 0.1) is 11.8 Å². The van der Waals surface area contributed by atoms with Crippen LogP contribution in [0.25, 0.3) is 0 Å². The molecule has 4 aliphatic rings. The minimum absolute atomic E-state index is 0.493. The first-order chi connectivity index (χ1) is 11.5. The maximum atomic E-state index is 9.00. The number of carboxylic acids is 1. The van der Waals surface area contributed by atoms with Gasteiger partial charge in [0.2, 0.25) is 0 Å². The van der Waals surface area contributed by atoms with Crippen molar-refractivity contribution in [1.29, 1.82) is 0 Å². The van der Waals surface area contributed by atoms with Gasteiger partial charge in [0.05, 0.1) is 0 Å². The maximum Gasteiger partial charge on any atom is 0.300 e. The maximum absolute atomic E-state index is 9.00.